The third kappa shape index (κ3) is 5.72. The average molecular weight is 295 g/mol. The smallest absolute Gasteiger partial charge is 0.406 e. The highest BCUT2D eigenvalue weighted by Gasteiger charge is 2.31. The minimum Gasteiger partial charge on any atom is -0.406 e. The molecule has 0 bridgehead atoms. The summed E-state index contributed by atoms with van der Waals surface area (Å²) in [6.07, 6.45) is -3.91. The molecule has 1 aromatic carbocycles. The zero-order valence-corrected chi connectivity index (χ0v) is 12.0. The first-order chi connectivity index (χ1) is 8.62. The Morgan fingerprint density at radius 3 is 2.00 bits per heavy atom. The fraction of sp³-hybridized carbons (Fsp3) is 0.571. The number of ether oxygens (including phenoxy) is 1. The number of halogens is 4. The van der Waals surface area contributed by atoms with E-state index in [1.54, 1.807) is 12.1 Å². The summed E-state index contributed by atoms with van der Waals surface area (Å²) in [5.74, 6) is 0.586. The van der Waals surface area contributed by atoms with Crippen molar-refractivity contribution in [2.75, 3.05) is 5.88 Å². The maximum atomic E-state index is 12.0. The van der Waals surface area contributed by atoms with Crippen LogP contribution in [-0.4, -0.2) is 12.2 Å². The Kier molecular flexibility index (Phi) is 5.13. The van der Waals surface area contributed by atoms with Crippen LogP contribution >= 0.6 is 11.6 Å². The second kappa shape index (κ2) is 6.04. The van der Waals surface area contributed by atoms with Crippen LogP contribution in [0.3, 0.4) is 0 Å². The minimum atomic E-state index is -4.65. The van der Waals surface area contributed by atoms with E-state index < -0.39 is 6.36 Å². The summed E-state index contributed by atoms with van der Waals surface area (Å²) in [7, 11) is 0. The lowest BCUT2D eigenvalue weighted by Gasteiger charge is -2.29. The Labute approximate surface area is 116 Å². The van der Waals surface area contributed by atoms with Crippen molar-refractivity contribution in [3.63, 3.8) is 0 Å². The average Bonchev–Trinajstić information content (AvgIpc) is 2.24. The van der Waals surface area contributed by atoms with Gasteiger partial charge in [0.05, 0.1) is 0 Å². The predicted molar refractivity (Wildman–Crippen MR) is 70.5 cm³/mol. The number of hydrogen-bond acceptors (Lipinski definition) is 1. The van der Waals surface area contributed by atoms with Gasteiger partial charge in [0.15, 0.2) is 0 Å². The molecule has 0 heterocycles. The van der Waals surface area contributed by atoms with Crippen LogP contribution in [0.4, 0.5) is 13.2 Å². The van der Waals surface area contributed by atoms with E-state index in [9.17, 15) is 13.2 Å². The second-order valence-electron chi connectivity index (χ2n) is 5.61. The largest absolute Gasteiger partial charge is 0.573 e. The van der Waals surface area contributed by atoms with E-state index in [0.717, 1.165) is 12.0 Å². The summed E-state index contributed by atoms with van der Waals surface area (Å²) < 4.78 is 39.9. The zero-order chi connectivity index (χ0) is 14.7. The van der Waals surface area contributed by atoms with E-state index >= 15 is 0 Å². The molecule has 19 heavy (non-hydrogen) atoms. The van der Waals surface area contributed by atoms with Crippen molar-refractivity contribution in [2.45, 2.75) is 33.6 Å². The Morgan fingerprint density at radius 1 is 1.11 bits per heavy atom. The zero-order valence-electron chi connectivity index (χ0n) is 11.2. The molecule has 0 saturated heterocycles. The molecule has 0 aliphatic rings. The summed E-state index contributed by atoms with van der Waals surface area (Å²) in [5, 5.41) is 0. The van der Waals surface area contributed by atoms with Crippen LogP contribution in [0.2, 0.25) is 0 Å². The van der Waals surface area contributed by atoms with Crippen molar-refractivity contribution in [1.82, 2.24) is 0 Å². The van der Waals surface area contributed by atoms with Crippen molar-refractivity contribution < 1.29 is 17.9 Å². The van der Waals surface area contributed by atoms with Gasteiger partial charge in [-0.1, -0.05) is 32.9 Å². The lowest BCUT2D eigenvalue weighted by molar-refractivity contribution is -0.274. The van der Waals surface area contributed by atoms with E-state index in [2.05, 4.69) is 25.5 Å². The van der Waals surface area contributed by atoms with Crippen molar-refractivity contribution in [2.24, 2.45) is 11.3 Å². The topological polar surface area (TPSA) is 9.23 Å². The molecule has 0 amide bonds. The standard InChI is InChI=1S/C14H18ClF3O/c1-13(2,3)11(9-15)8-10-4-6-12(7-5-10)19-14(16,17)18/h4-7,11H,8-9H2,1-3H3. The fourth-order valence-electron chi connectivity index (χ4n) is 1.70. The molecule has 0 saturated carbocycles. The molecular formula is C14H18ClF3O. The van der Waals surface area contributed by atoms with Gasteiger partial charge < -0.3 is 4.74 Å². The van der Waals surface area contributed by atoms with E-state index in [4.69, 9.17) is 11.6 Å². The summed E-state index contributed by atoms with van der Waals surface area (Å²) in [6.45, 7) is 6.30. The number of alkyl halides is 4. The number of benzene rings is 1. The first kappa shape index (κ1) is 16.2. The Morgan fingerprint density at radius 2 is 1.63 bits per heavy atom. The van der Waals surface area contributed by atoms with Gasteiger partial charge >= 0.3 is 6.36 Å². The molecule has 0 fully saturated rings. The van der Waals surface area contributed by atoms with Crippen LogP contribution in [0.25, 0.3) is 0 Å². The van der Waals surface area contributed by atoms with Crippen LogP contribution in [0, 0.1) is 11.3 Å². The minimum absolute atomic E-state index is 0.0584. The molecule has 1 unspecified atom stereocenters. The van der Waals surface area contributed by atoms with Crippen molar-refractivity contribution >= 4 is 11.6 Å². The molecule has 1 nitrogen and oxygen atoms in total. The van der Waals surface area contributed by atoms with Crippen molar-refractivity contribution in [3.8, 4) is 5.75 Å². The van der Waals surface area contributed by atoms with Gasteiger partial charge in [-0.2, -0.15) is 0 Å². The summed E-state index contributed by atoms with van der Waals surface area (Å²) in [5.41, 5.74) is 1.01. The van der Waals surface area contributed by atoms with Gasteiger partial charge in [0.2, 0.25) is 0 Å². The Bertz CT molecular complexity index is 393. The van der Waals surface area contributed by atoms with Crippen molar-refractivity contribution in [1.29, 1.82) is 0 Å². The first-order valence-electron chi connectivity index (χ1n) is 6.02. The predicted octanol–water partition coefficient (Wildman–Crippen LogP) is 5.03. The normalized spacial score (nSPS) is 14.3. The molecule has 0 N–H and O–H groups in total. The molecule has 5 heteroatoms. The van der Waals surface area contributed by atoms with Crippen LogP contribution < -0.4 is 4.74 Å². The molecule has 1 rings (SSSR count). The Hall–Kier alpha value is -0.900. The van der Waals surface area contributed by atoms with Crippen molar-refractivity contribution in [3.05, 3.63) is 29.8 Å². The summed E-state index contributed by atoms with van der Waals surface area (Å²) in [6, 6.07) is 5.95. The summed E-state index contributed by atoms with van der Waals surface area (Å²) in [4.78, 5) is 0. The van der Waals surface area contributed by atoms with Crippen LogP contribution in [0.5, 0.6) is 5.75 Å². The maximum absolute atomic E-state index is 12.0. The molecule has 1 atom stereocenters. The highest BCUT2D eigenvalue weighted by atomic mass is 35.5. The molecule has 0 aliphatic heterocycles. The van der Waals surface area contributed by atoms with Gasteiger partial charge in [-0.25, -0.2) is 0 Å². The fourth-order valence-corrected chi connectivity index (χ4v) is 2.28. The quantitative estimate of drug-likeness (QED) is 0.708. The van der Waals surface area contributed by atoms with Gasteiger partial charge in [-0.15, -0.1) is 24.8 Å². The molecular weight excluding hydrogens is 277 g/mol. The molecule has 0 radical (unpaired) electrons. The molecule has 1 aromatic rings. The van der Waals surface area contributed by atoms with Gasteiger partial charge in [0.1, 0.15) is 5.75 Å². The third-order valence-electron chi connectivity index (χ3n) is 3.05. The second-order valence-corrected chi connectivity index (χ2v) is 5.92. The SMILES string of the molecule is CC(C)(C)C(CCl)Cc1ccc(OC(F)(F)F)cc1. The summed E-state index contributed by atoms with van der Waals surface area (Å²) >= 11 is 5.95. The van der Waals surface area contributed by atoms with E-state index in [0.29, 0.717) is 5.88 Å². The highest BCUT2D eigenvalue weighted by molar-refractivity contribution is 6.18. The molecule has 0 aliphatic carbocycles. The van der Waals surface area contributed by atoms with Gasteiger partial charge in [0.25, 0.3) is 0 Å². The molecule has 0 aromatic heterocycles. The van der Waals surface area contributed by atoms with E-state index in [1.807, 2.05) is 0 Å². The van der Waals surface area contributed by atoms with Crippen LogP contribution in [0.15, 0.2) is 24.3 Å². The lowest BCUT2D eigenvalue weighted by Crippen LogP contribution is -2.24. The highest BCUT2D eigenvalue weighted by Crippen LogP contribution is 2.31. The first-order valence-corrected chi connectivity index (χ1v) is 6.56. The number of rotatable bonds is 4. The van der Waals surface area contributed by atoms with Gasteiger partial charge in [0, 0.05) is 5.88 Å². The van der Waals surface area contributed by atoms with E-state index in [-0.39, 0.29) is 17.1 Å². The molecule has 0 spiro atoms. The van der Waals surface area contributed by atoms with Crippen LogP contribution in [-0.2, 0) is 6.42 Å². The monoisotopic (exact) mass is 294 g/mol. The van der Waals surface area contributed by atoms with Gasteiger partial charge in [-0.05, 0) is 35.4 Å². The lowest BCUT2D eigenvalue weighted by atomic mass is 9.78. The van der Waals surface area contributed by atoms with E-state index in [1.165, 1.54) is 12.1 Å². The van der Waals surface area contributed by atoms with Crippen LogP contribution in [0.1, 0.15) is 26.3 Å². The number of hydrogen-bond donors (Lipinski definition) is 0. The third-order valence-corrected chi connectivity index (χ3v) is 3.42. The maximum Gasteiger partial charge on any atom is 0.573 e. The Balaban J connectivity index is 2.71. The van der Waals surface area contributed by atoms with Gasteiger partial charge in [-0.3, -0.25) is 0 Å². The molecule has 108 valence electrons.